The van der Waals surface area contributed by atoms with Crippen LogP contribution in [0.5, 0.6) is 11.5 Å². The Kier molecular flexibility index (Phi) is 7.41. The number of nitrogens with zero attached hydrogens (tertiary/aromatic N) is 3. The summed E-state index contributed by atoms with van der Waals surface area (Å²) >= 11 is 3.35. The number of benzene rings is 2. The van der Waals surface area contributed by atoms with E-state index >= 15 is 0 Å². The second-order valence-corrected chi connectivity index (χ2v) is 11.3. The molecule has 0 spiro atoms. The molecular weight excluding hydrogens is 492 g/mol. The van der Waals surface area contributed by atoms with Gasteiger partial charge in [-0.05, 0) is 68.3 Å². The van der Waals surface area contributed by atoms with Gasteiger partial charge < -0.3 is 15.2 Å². The topological polar surface area (TPSA) is 87.6 Å². The van der Waals surface area contributed by atoms with Crippen LogP contribution < -0.4 is 10.1 Å². The fraction of sp³-hybridized carbons (Fsp3) is 0.296. The quantitative estimate of drug-likeness (QED) is 0.318. The number of hydrogen-bond acceptors (Lipinski definition) is 8. The molecule has 2 aromatic heterocycles. The minimum atomic E-state index is -0.302. The number of carbonyl (C=O) groups is 1. The maximum Gasteiger partial charge on any atom is 0.241 e. The van der Waals surface area contributed by atoms with E-state index in [1.54, 1.807) is 35.4 Å². The first-order valence-electron chi connectivity index (χ1n) is 11.9. The molecule has 2 aromatic carbocycles. The average Bonchev–Trinajstić information content (AvgIpc) is 3.43. The fourth-order valence-electron chi connectivity index (χ4n) is 4.49. The summed E-state index contributed by atoms with van der Waals surface area (Å²) in [5.41, 5.74) is 2.63. The number of aromatic nitrogens is 2. The number of aromatic hydroxyl groups is 1. The molecule has 1 fully saturated rings. The van der Waals surface area contributed by atoms with E-state index in [-0.39, 0.29) is 22.9 Å². The van der Waals surface area contributed by atoms with Crippen LogP contribution in [0.2, 0.25) is 0 Å². The molecule has 0 unspecified atom stereocenters. The van der Waals surface area contributed by atoms with Crippen molar-refractivity contribution in [3.05, 3.63) is 71.4 Å². The number of fused-ring (bicyclic) bond motifs is 1. The highest BCUT2D eigenvalue weighted by Gasteiger charge is 2.37. The van der Waals surface area contributed by atoms with Gasteiger partial charge in [0.2, 0.25) is 5.91 Å². The highest BCUT2D eigenvalue weighted by atomic mass is 32.2. The van der Waals surface area contributed by atoms with Gasteiger partial charge >= 0.3 is 0 Å². The van der Waals surface area contributed by atoms with E-state index in [9.17, 15) is 9.90 Å². The second kappa shape index (κ2) is 10.9. The lowest BCUT2D eigenvalue weighted by atomic mass is 10.1. The summed E-state index contributed by atoms with van der Waals surface area (Å²) in [4.78, 5) is 24.7. The van der Waals surface area contributed by atoms with E-state index in [1.807, 2.05) is 62.4 Å². The van der Waals surface area contributed by atoms with Crippen LogP contribution in [-0.2, 0) is 11.3 Å². The van der Waals surface area contributed by atoms with Crippen molar-refractivity contribution < 1.29 is 14.6 Å². The van der Waals surface area contributed by atoms with Crippen LogP contribution >= 0.6 is 23.1 Å². The van der Waals surface area contributed by atoms with Crippen molar-refractivity contribution in [2.75, 3.05) is 18.5 Å². The first-order chi connectivity index (χ1) is 17.5. The Labute approximate surface area is 218 Å². The Balaban J connectivity index is 1.36. The lowest BCUT2D eigenvalue weighted by Crippen LogP contribution is -2.39. The number of rotatable bonds is 8. The third kappa shape index (κ3) is 5.64. The molecule has 9 heteroatoms. The SMILES string of the molecule is CCOc1cc(CN2C[C@H](Sc3ccccn3)C[C@H]2C(=O)Nc2ccc3sc(C)nc3c2)ccc1O. The number of thioether (sulfide) groups is 1. The van der Waals surface area contributed by atoms with Gasteiger partial charge in [-0.3, -0.25) is 9.69 Å². The monoisotopic (exact) mass is 520 g/mol. The largest absolute Gasteiger partial charge is 0.504 e. The summed E-state index contributed by atoms with van der Waals surface area (Å²) in [5, 5.41) is 15.4. The number of anilines is 1. The van der Waals surface area contributed by atoms with Crippen molar-refractivity contribution in [1.29, 1.82) is 0 Å². The fourth-order valence-corrected chi connectivity index (χ4v) is 6.46. The number of thiazole rings is 1. The summed E-state index contributed by atoms with van der Waals surface area (Å²) in [6, 6.07) is 16.8. The Morgan fingerprint density at radius 1 is 1.25 bits per heavy atom. The summed E-state index contributed by atoms with van der Waals surface area (Å²) < 4.78 is 6.68. The average molecular weight is 521 g/mol. The number of carbonyl (C=O) groups excluding carboxylic acids is 1. The molecule has 5 rings (SSSR count). The van der Waals surface area contributed by atoms with Crippen LogP contribution in [0.15, 0.2) is 65.8 Å². The predicted octanol–water partition coefficient (Wildman–Crippen LogP) is 5.48. The zero-order valence-electron chi connectivity index (χ0n) is 20.2. The van der Waals surface area contributed by atoms with Gasteiger partial charge in [-0.25, -0.2) is 9.97 Å². The normalized spacial score (nSPS) is 17.9. The summed E-state index contributed by atoms with van der Waals surface area (Å²) in [6.07, 6.45) is 2.50. The molecule has 186 valence electrons. The first kappa shape index (κ1) is 24.5. The van der Waals surface area contributed by atoms with Gasteiger partial charge in [0.15, 0.2) is 11.5 Å². The second-order valence-electron chi connectivity index (χ2n) is 8.73. The smallest absolute Gasteiger partial charge is 0.241 e. The van der Waals surface area contributed by atoms with E-state index in [0.717, 1.165) is 38.0 Å². The van der Waals surface area contributed by atoms with Crippen molar-refractivity contribution in [1.82, 2.24) is 14.9 Å². The van der Waals surface area contributed by atoms with Crippen molar-refractivity contribution in [3.8, 4) is 11.5 Å². The maximum atomic E-state index is 13.5. The van der Waals surface area contributed by atoms with Crippen LogP contribution in [0.3, 0.4) is 0 Å². The zero-order valence-corrected chi connectivity index (χ0v) is 21.8. The Morgan fingerprint density at radius 2 is 2.14 bits per heavy atom. The number of aryl methyl sites for hydroxylation is 1. The highest BCUT2D eigenvalue weighted by molar-refractivity contribution is 7.99. The lowest BCUT2D eigenvalue weighted by Gasteiger charge is -2.24. The van der Waals surface area contributed by atoms with E-state index in [1.165, 1.54) is 0 Å². The van der Waals surface area contributed by atoms with Crippen molar-refractivity contribution in [2.24, 2.45) is 0 Å². The third-order valence-corrected chi connectivity index (χ3v) is 8.17. The molecule has 0 saturated carbocycles. The molecule has 0 aliphatic carbocycles. The van der Waals surface area contributed by atoms with Crippen LogP contribution in [0.4, 0.5) is 5.69 Å². The molecule has 3 heterocycles. The number of pyridine rings is 1. The first-order valence-corrected chi connectivity index (χ1v) is 13.6. The molecule has 0 radical (unpaired) electrons. The molecule has 36 heavy (non-hydrogen) atoms. The van der Waals surface area contributed by atoms with Crippen molar-refractivity contribution >= 4 is 44.9 Å². The van der Waals surface area contributed by atoms with Gasteiger partial charge in [0.25, 0.3) is 0 Å². The van der Waals surface area contributed by atoms with E-state index in [0.29, 0.717) is 25.3 Å². The maximum absolute atomic E-state index is 13.5. The van der Waals surface area contributed by atoms with Gasteiger partial charge in [-0.1, -0.05) is 12.1 Å². The van der Waals surface area contributed by atoms with Crippen molar-refractivity contribution in [2.45, 2.75) is 43.1 Å². The molecule has 1 amide bonds. The molecule has 7 nitrogen and oxygen atoms in total. The number of likely N-dealkylation sites (tertiary alicyclic amines) is 1. The zero-order chi connectivity index (χ0) is 25.1. The molecule has 1 aliphatic rings. The molecule has 2 atom stereocenters. The Morgan fingerprint density at radius 3 is 2.94 bits per heavy atom. The minimum absolute atomic E-state index is 0.0331. The standard InChI is InChI=1S/C27H28N4O3S2/c1-3-34-24-12-18(7-9-23(24)32)15-31-16-20(36-26-6-4-5-11-28-26)14-22(31)27(33)30-19-8-10-25-21(13-19)29-17(2)35-25/h4-13,20,22,32H,3,14-16H2,1-2H3,(H,30,33)/t20-,22+/m1/s1. The number of phenols is 1. The number of ether oxygens (including phenoxy) is 1. The van der Waals surface area contributed by atoms with E-state index in [4.69, 9.17) is 4.74 Å². The summed E-state index contributed by atoms with van der Waals surface area (Å²) in [6.45, 7) is 5.66. The molecule has 2 N–H and O–H groups in total. The van der Waals surface area contributed by atoms with Crippen LogP contribution in [-0.4, -0.2) is 50.3 Å². The number of amides is 1. The molecule has 1 aliphatic heterocycles. The van der Waals surface area contributed by atoms with Crippen LogP contribution in [0.1, 0.15) is 23.9 Å². The van der Waals surface area contributed by atoms with Gasteiger partial charge in [0.1, 0.15) is 0 Å². The highest BCUT2D eigenvalue weighted by Crippen LogP contribution is 2.35. The third-order valence-electron chi connectivity index (χ3n) is 6.06. The molecule has 4 aromatic rings. The molecular formula is C27H28N4O3S2. The van der Waals surface area contributed by atoms with E-state index < -0.39 is 0 Å². The van der Waals surface area contributed by atoms with Gasteiger partial charge in [0.05, 0.1) is 32.9 Å². The molecule has 0 bridgehead atoms. The number of nitrogens with one attached hydrogen (secondary N) is 1. The summed E-state index contributed by atoms with van der Waals surface area (Å²) in [5.74, 6) is 0.545. The predicted molar refractivity (Wildman–Crippen MR) is 145 cm³/mol. The van der Waals surface area contributed by atoms with Gasteiger partial charge in [-0.2, -0.15) is 0 Å². The Hall–Kier alpha value is -3.14. The van der Waals surface area contributed by atoms with Gasteiger partial charge in [0, 0.05) is 30.2 Å². The van der Waals surface area contributed by atoms with Crippen LogP contribution in [0.25, 0.3) is 10.2 Å². The van der Waals surface area contributed by atoms with Crippen molar-refractivity contribution in [3.63, 3.8) is 0 Å². The van der Waals surface area contributed by atoms with Crippen LogP contribution in [0, 0.1) is 6.92 Å². The molecule has 1 saturated heterocycles. The Bertz CT molecular complexity index is 1360. The van der Waals surface area contributed by atoms with E-state index in [2.05, 4.69) is 20.2 Å². The summed E-state index contributed by atoms with van der Waals surface area (Å²) in [7, 11) is 0. The number of hydrogen-bond donors (Lipinski definition) is 2. The van der Waals surface area contributed by atoms with Gasteiger partial charge in [-0.15, -0.1) is 23.1 Å². The number of phenolic OH excluding ortho intramolecular Hbond substituents is 1. The minimum Gasteiger partial charge on any atom is -0.504 e. The lowest BCUT2D eigenvalue weighted by molar-refractivity contribution is -0.120.